The van der Waals surface area contributed by atoms with Crippen LogP contribution in [0.1, 0.15) is 42.7 Å². The van der Waals surface area contributed by atoms with Gasteiger partial charge in [-0.2, -0.15) is 0 Å². The summed E-state index contributed by atoms with van der Waals surface area (Å²) >= 11 is 0. The first kappa shape index (κ1) is 51.6. The lowest BCUT2D eigenvalue weighted by Gasteiger charge is -2.19. The van der Waals surface area contributed by atoms with Gasteiger partial charge in [-0.15, -0.1) is 0 Å². The van der Waals surface area contributed by atoms with E-state index >= 15 is 0 Å². The number of benzene rings is 2. The molecule has 0 saturated heterocycles. The van der Waals surface area contributed by atoms with Gasteiger partial charge >= 0.3 is 18.0 Å². The molecule has 0 aliphatic heterocycles. The second kappa shape index (κ2) is 34.8. The Morgan fingerprint density at radius 3 is 1.21 bits per heavy atom. The Labute approximate surface area is 360 Å². The van der Waals surface area contributed by atoms with Crippen LogP contribution in [0.25, 0.3) is 11.1 Å². The van der Waals surface area contributed by atoms with E-state index in [1.165, 1.54) is 27.2 Å². The summed E-state index contributed by atoms with van der Waals surface area (Å²) in [6.07, 6.45) is 0.841. The third-order valence-corrected chi connectivity index (χ3v) is 9.08. The van der Waals surface area contributed by atoms with Gasteiger partial charge in [0.25, 0.3) is 0 Å². The predicted molar refractivity (Wildman–Crippen MR) is 223 cm³/mol. The summed E-state index contributed by atoms with van der Waals surface area (Å²) in [7, 11) is 1.71. The lowest BCUT2D eigenvalue weighted by molar-refractivity contribution is -0.146. The fraction of sp³-hybridized carbons (Fsp3) is 0.659. The van der Waals surface area contributed by atoms with E-state index in [0.29, 0.717) is 145 Å². The van der Waals surface area contributed by atoms with Gasteiger partial charge < -0.3 is 66.8 Å². The monoisotopic (exact) mass is 865 g/mol. The van der Waals surface area contributed by atoms with Crippen molar-refractivity contribution >= 4 is 18.0 Å². The van der Waals surface area contributed by atoms with E-state index in [-0.39, 0.29) is 50.6 Å². The van der Waals surface area contributed by atoms with Gasteiger partial charge in [0.15, 0.2) is 0 Å². The number of ether oxygens (including phenoxy) is 12. The Balaban J connectivity index is 0.946. The highest BCUT2D eigenvalue weighted by atomic mass is 16.6. The maximum absolute atomic E-state index is 12.6. The molecule has 0 atom stereocenters. The number of likely N-dealkylation sites (N-methyl/N-ethyl adjacent to an activating group) is 1. The van der Waals surface area contributed by atoms with Crippen LogP contribution in [-0.2, 0) is 66.4 Å². The standard InChI is InChI=1S/C44H67NO16/c1-45(44(49)61-36-41-39-10-4-2-8-37(39)38-9-3-5-11-40(38)41)14-15-50-16-17-51-18-19-52-20-21-53-22-23-54-24-25-55-26-27-56-28-29-57-30-31-58-32-33-59-34-35-60-43(48)13-7-6-12-42(46)47/h2-5,8-11,41H,6-7,12-36H2,1H3,(H,46,47). The first-order valence-corrected chi connectivity index (χ1v) is 21.2. The molecule has 1 aliphatic rings. The van der Waals surface area contributed by atoms with Crippen molar-refractivity contribution in [3.8, 4) is 11.1 Å². The van der Waals surface area contributed by atoms with Crippen LogP contribution in [-0.4, -0.2) is 187 Å². The molecule has 0 fully saturated rings. The largest absolute Gasteiger partial charge is 0.481 e. The summed E-state index contributed by atoms with van der Waals surface area (Å²) in [5.74, 6) is -1.19. The molecule has 2 aromatic rings. The minimum Gasteiger partial charge on any atom is -0.481 e. The zero-order chi connectivity index (χ0) is 43.4. The highest BCUT2D eigenvalue weighted by molar-refractivity contribution is 5.79. The molecule has 344 valence electrons. The number of carbonyl (C=O) groups excluding carboxylic acids is 2. The van der Waals surface area contributed by atoms with Crippen LogP contribution >= 0.6 is 0 Å². The molecule has 0 aromatic heterocycles. The van der Waals surface area contributed by atoms with E-state index in [2.05, 4.69) is 24.3 Å². The van der Waals surface area contributed by atoms with Crippen LogP contribution in [0.4, 0.5) is 4.79 Å². The van der Waals surface area contributed by atoms with Crippen molar-refractivity contribution in [2.75, 3.05) is 159 Å². The van der Waals surface area contributed by atoms with Crippen molar-refractivity contribution in [3.63, 3.8) is 0 Å². The Bertz CT molecular complexity index is 1400. The number of hydrogen-bond donors (Lipinski definition) is 1. The quantitative estimate of drug-likeness (QED) is 0.0741. The Hall–Kier alpha value is -3.75. The summed E-state index contributed by atoms with van der Waals surface area (Å²) in [6, 6.07) is 16.5. The predicted octanol–water partition coefficient (Wildman–Crippen LogP) is 4.22. The average molecular weight is 866 g/mol. The number of amides is 1. The maximum Gasteiger partial charge on any atom is 0.409 e. The van der Waals surface area contributed by atoms with E-state index in [0.717, 1.165) is 0 Å². The zero-order valence-electron chi connectivity index (χ0n) is 35.8. The second-order valence-corrected chi connectivity index (χ2v) is 13.7. The summed E-state index contributed by atoms with van der Waals surface area (Å²) in [5.41, 5.74) is 4.77. The minimum absolute atomic E-state index is 0.0300. The lowest BCUT2D eigenvalue weighted by atomic mass is 9.98. The molecule has 3 rings (SSSR count). The molecule has 17 heteroatoms. The number of fused-ring (bicyclic) bond motifs is 3. The van der Waals surface area contributed by atoms with Crippen molar-refractivity contribution in [1.82, 2.24) is 4.90 Å². The highest BCUT2D eigenvalue weighted by Crippen LogP contribution is 2.44. The molecule has 1 amide bonds. The van der Waals surface area contributed by atoms with Crippen molar-refractivity contribution in [2.24, 2.45) is 0 Å². The first-order chi connectivity index (χ1) is 30.0. The molecule has 0 unspecified atom stereocenters. The lowest BCUT2D eigenvalue weighted by Crippen LogP contribution is -2.32. The smallest absolute Gasteiger partial charge is 0.409 e. The summed E-state index contributed by atoms with van der Waals surface area (Å²) in [6.45, 7) is 9.57. The normalized spacial score (nSPS) is 12.0. The summed E-state index contributed by atoms with van der Waals surface area (Å²) < 4.78 is 65.6. The topological polar surface area (TPSA) is 185 Å². The van der Waals surface area contributed by atoms with E-state index in [1.807, 2.05) is 24.3 Å². The number of carbonyl (C=O) groups is 3. The molecule has 2 aromatic carbocycles. The molecule has 0 radical (unpaired) electrons. The van der Waals surface area contributed by atoms with Gasteiger partial charge in [-0.05, 0) is 35.1 Å². The fourth-order valence-corrected chi connectivity index (χ4v) is 5.91. The molecule has 61 heavy (non-hydrogen) atoms. The van der Waals surface area contributed by atoms with Gasteiger partial charge in [0.05, 0.1) is 132 Å². The van der Waals surface area contributed by atoms with Crippen LogP contribution in [0.5, 0.6) is 0 Å². The summed E-state index contributed by atoms with van der Waals surface area (Å²) in [5, 5.41) is 8.57. The Kier molecular flexibility index (Phi) is 29.4. The number of unbranched alkanes of at least 4 members (excludes halogenated alkanes) is 1. The van der Waals surface area contributed by atoms with Gasteiger partial charge in [0.1, 0.15) is 13.2 Å². The van der Waals surface area contributed by atoms with E-state index < -0.39 is 5.97 Å². The molecule has 0 bridgehead atoms. The van der Waals surface area contributed by atoms with Crippen molar-refractivity contribution in [3.05, 3.63) is 59.7 Å². The maximum atomic E-state index is 12.6. The van der Waals surface area contributed by atoms with Gasteiger partial charge in [-0.3, -0.25) is 9.59 Å². The van der Waals surface area contributed by atoms with Crippen LogP contribution in [0.2, 0.25) is 0 Å². The van der Waals surface area contributed by atoms with Crippen molar-refractivity contribution < 1.29 is 76.3 Å². The number of carboxylic acids is 1. The minimum atomic E-state index is -0.867. The number of carboxylic acid groups (broad SMARTS) is 1. The van der Waals surface area contributed by atoms with Crippen molar-refractivity contribution in [2.45, 2.75) is 31.6 Å². The molecule has 0 saturated carbocycles. The number of rotatable bonds is 40. The molecule has 1 aliphatic carbocycles. The summed E-state index contributed by atoms with van der Waals surface area (Å²) in [4.78, 5) is 36.1. The SMILES string of the molecule is CN(CCOCCOCCOCCOCCOCCOCCOCCOCCOCCOCCOC(=O)CCCCC(=O)O)C(=O)OCC1c2ccccc2-c2ccccc21. The molecule has 0 heterocycles. The Morgan fingerprint density at radius 1 is 0.475 bits per heavy atom. The molecule has 0 spiro atoms. The molecule has 1 N–H and O–H groups in total. The third-order valence-electron chi connectivity index (χ3n) is 9.08. The van der Waals surface area contributed by atoms with E-state index in [9.17, 15) is 14.4 Å². The van der Waals surface area contributed by atoms with E-state index in [4.69, 9.17) is 61.9 Å². The van der Waals surface area contributed by atoms with Crippen LogP contribution in [0, 0.1) is 0 Å². The van der Waals surface area contributed by atoms with Crippen LogP contribution < -0.4 is 0 Å². The van der Waals surface area contributed by atoms with Crippen LogP contribution in [0.15, 0.2) is 48.5 Å². The highest BCUT2D eigenvalue weighted by Gasteiger charge is 2.29. The van der Waals surface area contributed by atoms with E-state index in [1.54, 1.807) is 7.05 Å². The van der Waals surface area contributed by atoms with Crippen molar-refractivity contribution in [1.29, 1.82) is 0 Å². The van der Waals surface area contributed by atoms with Gasteiger partial charge in [0.2, 0.25) is 0 Å². The first-order valence-electron chi connectivity index (χ1n) is 21.2. The third kappa shape index (κ3) is 24.5. The number of esters is 1. The average Bonchev–Trinajstić information content (AvgIpc) is 3.59. The number of nitrogens with zero attached hydrogens (tertiary/aromatic N) is 1. The zero-order valence-corrected chi connectivity index (χ0v) is 35.8. The van der Waals surface area contributed by atoms with Gasteiger partial charge in [-0.25, -0.2) is 4.79 Å². The fourth-order valence-electron chi connectivity index (χ4n) is 5.91. The number of aliphatic carboxylic acids is 1. The Morgan fingerprint density at radius 2 is 0.820 bits per heavy atom. The van der Waals surface area contributed by atoms with Crippen LogP contribution in [0.3, 0.4) is 0 Å². The van der Waals surface area contributed by atoms with Gasteiger partial charge in [-0.1, -0.05) is 48.5 Å². The van der Waals surface area contributed by atoms with Gasteiger partial charge in [0, 0.05) is 32.4 Å². The molecular formula is C44H67NO16. The number of hydrogen-bond acceptors (Lipinski definition) is 15. The molecule has 17 nitrogen and oxygen atoms in total. The molecular weight excluding hydrogens is 798 g/mol. The second-order valence-electron chi connectivity index (χ2n) is 13.7.